The molecule has 2 amide bonds. The van der Waals surface area contributed by atoms with Gasteiger partial charge < -0.3 is 25.2 Å². The maximum atomic E-state index is 13.3. The summed E-state index contributed by atoms with van der Waals surface area (Å²) in [4.78, 5) is 19.9. The Balaban J connectivity index is 1.54. The zero-order valence-corrected chi connectivity index (χ0v) is 22.3. The predicted octanol–water partition coefficient (Wildman–Crippen LogP) is 5.34. The number of hydrogen-bond acceptors (Lipinski definition) is 7. The van der Waals surface area contributed by atoms with Crippen molar-refractivity contribution in [3.63, 3.8) is 0 Å². The molecule has 0 bridgehead atoms. The summed E-state index contributed by atoms with van der Waals surface area (Å²) in [5.74, 6) is 0.841. The van der Waals surface area contributed by atoms with E-state index in [1.807, 2.05) is 13.8 Å². The monoisotopic (exact) mass is 543 g/mol. The number of pyridine rings is 1. The van der Waals surface area contributed by atoms with Gasteiger partial charge in [-0.2, -0.15) is 5.26 Å². The Labute approximate surface area is 231 Å². The molecule has 1 atom stereocenters. The smallest absolute Gasteiger partial charge is 0.323 e. The molecule has 0 radical (unpaired) electrons. The molecular formula is C30H30FN5O4. The molecule has 206 valence electrons. The van der Waals surface area contributed by atoms with Crippen LogP contribution >= 0.6 is 0 Å². The summed E-state index contributed by atoms with van der Waals surface area (Å²) < 4.78 is 25.2. The number of nitriles is 1. The van der Waals surface area contributed by atoms with Gasteiger partial charge in [0.05, 0.1) is 22.5 Å². The van der Waals surface area contributed by atoms with Gasteiger partial charge in [-0.3, -0.25) is 9.88 Å². The van der Waals surface area contributed by atoms with Crippen molar-refractivity contribution in [3.8, 4) is 23.3 Å². The summed E-state index contributed by atoms with van der Waals surface area (Å²) >= 11 is 0. The lowest BCUT2D eigenvalue weighted by atomic mass is 10.1. The molecule has 0 aliphatic carbocycles. The lowest BCUT2D eigenvalue weighted by Crippen LogP contribution is -2.35. The average molecular weight is 544 g/mol. The van der Waals surface area contributed by atoms with E-state index < -0.39 is 18.0 Å². The van der Waals surface area contributed by atoms with Crippen molar-refractivity contribution in [1.29, 1.82) is 5.26 Å². The lowest BCUT2D eigenvalue weighted by Gasteiger charge is -2.22. The van der Waals surface area contributed by atoms with Gasteiger partial charge in [0, 0.05) is 24.2 Å². The van der Waals surface area contributed by atoms with E-state index in [1.165, 1.54) is 29.2 Å². The number of aromatic nitrogens is 1. The molecule has 0 aliphatic rings. The third-order valence-electron chi connectivity index (χ3n) is 6.35. The number of primary amides is 1. The number of ether oxygens (including phenoxy) is 2. The van der Waals surface area contributed by atoms with Crippen molar-refractivity contribution in [2.45, 2.75) is 20.0 Å². The summed E-state index contributed by atoms with van der Waals surface area (Å²) in [5, 5.41) is 20.7. The summed E-state index contributed by atoms with van der Waals surface area (Å²) in [6.45, 7) is 6.20. The van der Waals surface area contributed by atoms with Crippen LogP contribution in [0.25, 0.3) is 10.9 Å². The highest BCUT2D eigenvalue weighted by atomic mass is 19.1. The number of carbonyl (C=O) groups excluding carboxylic acids is 1. The maximum absolute atomic E-state index is 13.3. The molecule has 40 heavy (non-hydrogen) atoms. The van der Waals surface area contributed by atoms with Gasteiger partial charge in [0.1, 0.15) is 41.8 Å². The summed E-state index contributed by atoms with van der Waals surface area (Å²) in [6.07, 6.45) is 0.877. The van der Waals surface area contributed by atoms with E-state index in [4.69, 9.17) is 15.2 Å². The van der Waals surface area contributed by atoms with E-state index >= 15 is 0 Å². The van der Waals surface area contributed by atoms with Crippen LogP contribution in [0.2, 0.25) is 0 Å². The van der Waals surface area contributed by atoms with Gasteiger partial charge in [0.2, 0.25) is 0 Å². The Hall–Kier alpha value is -4.72. The van der Waals surface area contributed by atoms with E-state index in [0.29, 0.717) is 46.1 Å². The first-order valence-corrected chi connectivity index (χ1v) is 12.8. The van der Waals surface area contributed by atoms with Crippen LogP contribution in [0.4, 0.5) is 20.6 Å². The Bertz CT molecular complexity index is 1500. The fraction of sp³-hybridized carbons (Fsp3) is 0.233. The molecule has 4 rings (SSSR count). The molecule has 10 heteroatoms. The minimum Gasteiger partial charge on any atom is -0.489 e. The molecule has 0 unspecified atom stereocenters. The number of rotatable bonds is 11. The molecule has 0 fully saturated rings. The van der Waals surface area contributed by atoms with Gasteiger partial charge in [0.25, 0.3) is 0 Å². The fourth-order valence-electron chi connectivity index (χ4n) is 4.25. The van der Waals surface area contributed by atoms with E-state index in [2.05, 4.69) is 16.0 Å². The van der Waals surface area contributed by atoms with Gasteiger partial charge in [-0.25, -0.2) is 9.18 Å². The topological polar surface area (TPSA) is 125 Å². The molecule has 0 saturated carbocycles. The first kappa shape index (κ1) is 28.3. The van der Waals surface area contributed by atoms with Crippen molar-refractivity contribution in [1.82, 2.24) is 9.88 Å². The molecule has 1 heterocycles. The molecule has 0 spiro atoms. The minimum absolute atomic E-state index is 0.0411. The van der Waals surface area contributed by atoms with Gasteiger partial charge in [0.15, 0.2) is 0 Å². The second kappa shape index (κ2) is 12.9. The van der Waals surface area contributed by atoms with Crippen molar-refractivity contribution < 1.29 is 23.8 Å². The SMILES string of the molecule is CCN(CC)C[C@@H](O)COc1cc2nccc(Oc3ccc(N(C(N)=O)c4ccc(F)cc4)cc3)c2cc1C#N. The van der Waals surface area contributed by atoms with E-state index in [1.54, 1.807) is 48.7 Å². The third kappa shape index (κ3) is 6.64. The number of hydrogen-bond donors (Lipinski definition) is 2. The van der Waals surface area contributed by atoms with Gasteiger partial charge in [-0.15, -0.1) is 0 Å². The number of amides is 2. The normalized spacial score (nSPS) is 11.7. The first-order chi connectivity index (χ1) is 19.3. The van der Waals surface area contributed by atoms with E-state index in [0.717, 1.165) is 13.1 Å². The number of fused-ring (bicyclic) bond motifs is 1. The molecule has 4 aromatic rings. The van der Waals surface area contributed by atoms with E-state index in [-0.39, 0.29) is 12.2 Å². The number of aliphatic hydroxyl groups excluding tert-OH is 1. The van der Waals surface area contributed by atoms with Crippen molar-refractivity contribution in [3.05, 3.63) is 84.3 Å². The molecule has 1 aromatic heterocycles. The molecule has 0 saturated heterocycles. The number of aliphatic hydroxyl groups is 1. The van der Waals surface area contributed by atoms with Crippen LogP contribution in [-0.4, -0.2) is 53.4 Å². The molecule has 0 aliphatic heterocycles. The zero-order chi connectivity index (χ0) is 28.6. The first-order valence-electron chi connectivity index (χ1n) is 12.8. The second-order valence-electron chi connectivity index (χ2n) is 8.98. The summed E-state index contributed by atoms with van der Waals surface area (Å²) in [6, 6.07) is 18.5. The molecule has 3 N–H and O–H groups in total. The number of urea groups is 1. The fourth-order valence-corrected chi connectivity index (χ4v) is 4.25. The standard InChI is InChI=1S/C30H30FN5O4/c1-3-35(4-2)18-24(37)19-39-29-16-27-26(15-20(29)17-32)28(13-14-34-27)40-25-11-9-23(10-12-25)36(30(33)38)22-7-5-21(31)6-8-22/h5-16,24,37H,3-4,18-19H2,1-2H3,(H2,33,38)/t24-/m1/s1. The summed E-state index contributed by atoms with van der Waals surface area (Å²) in [7, 11) is 0. The average Bonchev–Trinajstić information content (AvgIpc) is 2.96. The number of likely N-dealkylation sites (N-methyl/N-ethyl adjacent to an activating group) is 1. The third-order valence-corrected chi connectivity index (χ3v) is 6.35. The molecular weight excluding hydrogens is 513 g/mol. The molecule has 3 aromatic carbocycles. The van der Waals surface area contributed by atoms with Crippen LogP contribution < -0.4 is 20.1 Å². The predicted molar refractivity (Wildman–Crippen MR) is 150 cm³/mol. The number of nitrogens with two attached hydrogens (primary N) is 1. The Morgan fingerprint density at radius 1 is 1.05 bits per heavy atom. The van der Waals surface area contributed by atoms with Crippen LogP contribution in [-0.2, 0) is 0 Å². The number of carbonyl (C=O) groups is 1. The van der Waals surface area contributed by atoms with E-state index in [9.17, 15) is 19.6 Å². The Morgan fingerprint density at radius 3 is 2.30 bits per heavy atom. The van der Waals surface area contributed by atoms with Gasteiger partial charge >= 0.3 is 6.03 Å². The van der Waals surface area contributed by atoms with Crippen molar-refractivity contribution in [2.75, 3.05) is 31.1 Å². The molecule has 9 nitrogen and oxygen atoms in total. The minimum atomic E-state index is -0.719. The number of benzene rings is 3. The van der Waals surface area contributed by atoms with Crippen molar-refractivity contribution in [2.24, 2.45) is 5.73 Å². The number of halogens is 1. The number of anilines is 2. The second-order valence-corrected chi connectivity index (χ2v) is 8.98. The Morgan fingerprint density at radius 2 is 1.70 bits per heavy atom. The highest BCUT2D eigenvalue weighted by Gasteiger charge is 2.17. The maximum Gasteiger partial charge on any atom is 0.323 e. The van der Waals surface area contributed by atoms with Crippen LogP contribution in [0.1, 0.15) is 19.4 Å². The quantitative estimate of drug-likeness (QED) is 0.262. The lowest BCUT2D eigenvalue weighted by molar-refractivity contribution is 0.0716. The highest BCUT2D eigenvalue weighted by molar-refractivity contribution is 5.98. The summed E-state index contributed by atoms with van der Waals surface area (Å²) in [5.41, 5.74) is 7.31. The van der Waals surface area contributed by atoms with Gasteiger partial charge in [-0.05, 0) is 73.8 Å². The van der Waals surface area contributed by atoms with Gasteiger partial charge in [-0.1, -0.05) is 13.8 Å². The van der Waals surface area contributed by atoms with Crippen LogP contribution in [0.3, 0.4) is 0 Å². The van der Waals surface area contributed by atoms with Crippen LogP contribution in [0.5, 0.6) is 17.2 Å². The zero-order valence-electron chi connectivity index (χ0n) is 22.3. The van der Waals surface area contributed by atoms with Crippen LogP contribution in [0.15, 0.2) is 72.9 Å². The van der Waals surface area contributed by atoms with Crippen molar-refractivity contribution >= 4 is 28.3 Å². The largest absolute Gasteiger partial charge is 0.489 e. The van der Waals surface area contributed by atoms with Crippen LogP contribution in [0, 0.1) is 17.1 Å². The highest BCUT2D eigenvalue weighted by Crippen LogP contribution is 2.34. The number of nitrogens with zero attached hydrogens (tertiary/aromatic N) is 4. The Kier molecular flexibility index (Phi) is 9.11.